The number of nitrogens with zero attached hydrogens (tertiary/aromatic N) is 3. The molecule has 4 rings (SSSR count). The van der Waals surface area contributed by atoms with Crippen LogP contribution in [-0.4, -0.2) is 60.7 Å². The van der Waals surface area contributed by atoms with Crippen LogP contribution in [0.1, 0.15) is 32.7 Å². The first-order valence-electron chi connectivity index (χ1n) is 11.0. The molecule has 174 valence electrons. The van der Waals surface area contributed by atoms with Gasteiger partial charge in [-0.1, -0.05) is 29.8 Å². The van der Waals surface area contributed by atoms with E-state index in [4.69, 9.17) is 27.9 Å². The fourth-order valence-electron chi connectivity index (χ4n) is 4.30. The number of morpholine rings is 1. The summed E-state index contributed by atoms with van der Waals surface area (Å²) in [5, 5.41) is 2.15. The molecule has 2 heterocycles. The molecule has 0 atom stereocenters. The molecule has 0 spiro atoms. The summed E-state index contributed by atoms with van der Waals surface area (Å²) in [6, 6.07) is 9.99. The quantitative estimate of drug-likeness (QED) is 0.486. The van der Waals surface area contributed by atoms with E-state index in [1.54, 1.807) is 17.0 Å². The number of halogens is 2. The molecule has 7 heteroatoms. The molecule has 0 unspecified atom stereocenters. The van der Waals surface area contributed by atoms with Crippen LogP contribution in [0.5, 0.6) is 0 Å². The first kappa shape index (κ1) is 23.7. The number of carbonyl (C=O) groups is 1. The Labute approximate surface area is 205 Å². The lowest BCUT2D eigenvalue weighted by atomic mass is 10.0. The van der Waals surface area contributed by atoms with Crippen molar-refractivity contribution < 1.29 is 9.53 Å². The fraction of sp³-hybridized carbons (Fsp3) is 0.346. The van der Waals surface area contributed by atoms with Gasteiger partial charge in [0.2, 0.25) is 0 Å². The summed E-state index contributed by atoms with van der Waals surface area (Å²) in [7, 11) is 6.03. The number of aryl methyl sites for hydroxylation is 2. The first-order valence-corrected chi connectivity index (χ1v) is 11.7. The number of rotatable bonds is 5. The predicted molar refractivity (Wildman–Crippen MR) is 136 cm³/mol. The van der Waals surface area contributed by atoms with Crippen molar-refractivity contribution in [3.05, 3.63) is 74.9 Å². The van der Waals surface area contributed by atoms with Crippen LogP contribution in [0.3, 0.4) is 0 Å². The number of carbonyl (C=O) groups excluding carboxylic acids is 1. The summed E-state index contributed by atoms with van der Waals surface area (Å²) < 4.78 is 7.53. The van der Waals surface area contributed by atoms with Gasteiger partial charge in [-0.2, -0.15) is 0 Å². The highest BCUT2D eigenvalue weighted by atomic mass is 35.5. The molecule has 5 nitrogen and oxygen atoms in total. The zero-order chi connectivity index (χ0) is 23.9. The highest BCUT2D eigenvalue weighted by Gasteiger charge is 2.24. The Kier molecular flexibility index (Phi) is 6.76. The number of hydrogen-bond acceptors (Lipinski definition) is 3. The van der Waals surface area contributed by atoms with Gasteiger partial charge in [-0.25, -0.2) is 0 Å². The lowest BCUT2D eigenvalue weighted by molar-refractivity contribution is 0.0303. The molecule has 0 aliphatic carbocycles. The van der Waals surface area contributed by atoms with Gasteiger partial charge in [0.15, 0.2) is 0 Å². The van der Waals surface area contributed by atoms with Gasteiger partial charge in [0.1, 0.15) is 0 Å². The number of fused-ring (bicyclic) bond motifs is 1. The standard InChI is InChI=1S/C26H29Cl2N3O2/c1-16-12-18(17(2)29(3)4)13-24-21(16)14-19(30(24)5)15-22-23(27)7-6-20(25(22)28)26(32)31-8-10-33-11-9-31/h6-7,12-14H,2,8-11,15H2,1,3-5H3. The van der Waals surface area contributed by atoms with Crippen molar-refractivity contribution in [1.29, 1.82) is 0 Å². The number of ether oxygens (including phenoxy) is 1. The topological polar surface area (TPSA) is 37.7 Å². The lowest BCUT2D eigenvalue weighted by Gasteiger charge is -2.27. The van der Waals surface area contributed by atoms with E-state index in [1.807, 2.05) is 26.0 Å². The molecule has 1 saturated heterocycles. The maximum absolute atomic E-state index is 13.1. The molecule has 1 aliphatic heterocycles. The summed E-state index contributed by atoms with van der Waals surface area (Å²) in [4.78, 5) is 16.9. The Bertz CT molecular complexity index is 1240. The molecule has 0 radical (unpaired) electrons. The van der Waals surface area contributed by atoms with Gasteiger partial charge in [0, 0.05) is 68.0 Å². The number of amides is 1. The second-order valence-corrected chi connectivity index (χ2v) is 9.52. The van der Waals surface area contributed by atoms with Crippen LogP contribution < -0.4 is 0 Å². The monoisotopic (exact) mass is 485 g/mol. The van der Waals surface area contributed by atoms with Crippen LogP contribution in [0.15, 0.2) is 36.9 Å². The predicted octanol–water partition coefficient (Wildman–Crippen LogP) is 5.39. The summed E-state index contributed by atoms with van der Waals surface area (Å²) in [5.74, 6) is -0.0825. The van der Waals surface area contributed by atoms with Gasteiger partial charge in [-0.3, -0.25) is 4.79 Å². The molecule has 0 N–H and O–H groups in total. The third-order valence-electron chi connectivity index (χ3n) is 6.41. The minimum atomic E-state index is -0.0825. The Morgan fingerprint density at radius 1 is 1.15 bits per heavy atom. The second kappa shape index (κ2) is 9.41. The SMILES string of the molecule is C=C(c1cc(C)c2cc(Cc3c(Cl)ccc(C(=O)N4CCOCC4)c3Cl)n(C)c2c1)N(C)C. The highest BCUT2D eigenvalue weighted by molar-refractivity contribution is 6.38. The van der Waals surface area contributed by atoms with Gasteiger partial charge in [-0.05, 0) is 53.9 Å². The molecular weight excluding hydrogens is 457 g/mol. The van der Waals surface area contributed by atoms with Crippen LogP contribution in [-0.2, 0) is 18.2 Å². The molecule has 0 bridgehead atoms. The Morgan fingerprint density at radius 3 is 2.52 bits per heavy atom. The van der Waals surface area contributed by atoms with Gasteiger partial charge in [0.25, 0.3) is 5.91 Å². The van der Waals surface area contributed by atoms with Crippen molar-refractivity contribution in [3.63, 3.8) is 0 Å². The van der Waals surface area contributed by atoms with E-state index in [9.17, 15) is 4.79 Å². The smallest absolute Gasteiger partial charge is 0.255 e. The van der Waals surface area contributed by atoms with E-state index in [0.717, 1.165) is 28.0 Å². The van der Waals surface area contributed by atoms with Crippen LogP contribution in [0, 0.1) is 6.92 Å². The summed E-state index contributed by atoms with van der Waals surface area (Å²) in [6.45, 7) is 8.53. The molecular formula is C26H29Cl2N3O2. The van der Waals surface area contributed by atoms with Gasteiger partial charge in [-0.15, -0.1) is 0 Å². The van der Waals surface area contributed by atoms with Crippen molar-refractivity contribution >= 4 is 45.7 Å². The summed E-state index contributed by atoms with van der Waals surface area (Å²) >= 11 is 13.3. The Balaban J connectivity index is 1.72. The number of benzene rings is 2. The fourth-order valence-corrected chi connectivity index (χ4v) is 4.89. The number of aromatic nitrogens is 1. The maximum Gasteiger partial charge on any atom is 0.255 e. The molecule has 1 aromatic heterocycles. The van der Waals surface area contributed by atoms with Gasteiger partial charge >= 0.3 is 0 Å². The average molecular weight is 486 g/mol. The van der Waals surface area contributed by atoms with Gasteiger partial charge in [0.05, 0.1) is 23.8 Å². The first-order chi connectivity index (χ1) is 15.7. The van der Waals surface area contributed by atoms with E-state index in [-0.39, 0.29) is 5.91 Å². The minimum absolute atomic E-state index is 0.0825. The Morgan fingerprint density at radius 2 is 1.85 bits per heavy atom. The van der Waals surface area contributed by atoms with E-state index >= 15 is 0 Å². The molecule has 2 aromatic carbocycles. The molecule has 1 aliphatic rings. The third-order valence-corrected chi connectivity index (χ3v) is 7.20. The van der Waals surface area contributed by atoms with Crippen molar-refractivity contribution in [2.45, 2.75) is 13.3 Å². The number of hydrogen-bond donors (Lipinski definition) is 0. The lowest BCUT2D eigenvalue weighted by Crippen LogP contribution is -2.40. The van der Waals surface area contributed by atoms with Crippen LogP contribution in [0.25, 0.3) is 16.6 Å². The van der Waals surface area contributed by atoms with E-state index in [0.29, 0.717) is 48.3 Å². The third kappa shape index (κ3) is 4.50. The van der Waals surface area contributed by atoms with Gasteiger partial charge < -0.3 is 19.1 Å². The van der Waals surface area contributed by atoms with Crippen LogP contribution in [0.2, 0.25) is 10.0 Å². The largest absolute Gasteiger partial charge is 0.378 e. The van der Waals surface area contributed by atoms with Crippen LogP contribution in [0.4, 0.5) is 0 Å². The minimum Gasteiger partial charge on any atom is -0.378 e. The van der Waals surface area contributed by atoms with Crippen LogP contribution >= 0.6 is 23.2 Å². The molecule has 33 heavy (non-hydrogen) atoms. The average Bonchev–Trinajstić information content (AvgIpc) is 3.12. The van der Waals surface area contributed by atoms with Crippen molar-refractivity contribution in [2.75, 3.05) is 40.4 Å². The summed E-state index contributed by atoms with van der Waals surface area (Å²) in [6.07, 6.45) is 0.524. The zero-order valence-electron chi connectivity index (χ0n) is 19.5. The summed E-state index contributed by atoms with van der Waals surface area (Å²) in [5.41, 5.74) is 6.67. The second-order valence-electron chi connectivity index (χ2n) is 8.73. The normalized spacial score (nSPS) is 14.1. The maximum atomic E-state index is 13.1. The molecule has 1 fully saturated rings. The molecule has 0 saturated carbocycles. The van der Waals surface area contributed by atoms with Crippen molar-refractivity contribution in [3.8, 4) is 0 Å². The highest BCUT2D eigenvalue weighted by Crippen LogP contribution is 2.34. The van der Waals surface area contributed by atoms with Crippen molar-refractivity contribution in [1.82, 2.24) is 14.4 Å². The molecule has 1 amide bonds. The van der Waals surface area contributed by atoms with Crippen molar-refractivity contribution in [2.24, 2.45) is 7.05 Å². The van der Waals surface area contributed by atoms with E-state index in [2.05, 4.69) is 36.3 Å². The van der Waals surface area contributed by atoms with E-state index < -0.39 is 0 Å². The molecule has 3 aromatic rings. The Hall–Kier alpha value is -2.47. The van der Waals surface area contributed by atoms with E-state index in [1.165, 1.54) is 10.9 Å². The zero-order valence-corrected chi connectivity index (χ0v) is 21.1.